The van der Waals surface area contributed by atoms with Crippen LogP contribution in [0, 0.1) is 28.1 Å². The van der Waals surface area contributed by atoms with E-state index in [9.17, 15) is 15.2 Å². The molecule has 1 aromatic rings. The first-order valence-electron chi connectivity index (χ1n) is 7.31. The van der Waals surface area contributed by atoms with Gasteiger partial charge < -0.3 is 9.67 Å². The van der Waals surface area contributed by atoms with Gasteiger partial charge in [0, 0.05) is 24.2 Å². The monoisotopic (exact) mass is 474 g/mol. The molecule has 0 radical (unpaired) electrons. The molecule has 0 bridgehead atoms. The van der Waals surface area contributed by atoms with E-state index in [1.165, 1.54) is 5.54 Å². The first kappa shape index (κ1) is 19.3. The van der Waals surface area contributed by atoms with Crippen LogP contribution < -0.4 is 0 Å². The minimum Gasteiger partial charge on any atom is -0.481 e. The summed E-state index contributed by atoms with van der Waals surface area (Å²) < 4.78 is 2.52. The average molecular weight is 477 g/mol. The molecule has 0 unspecified atom stereocenters. The second-order valence-corrected chi connectivity index (χ2v) is 9.49. The van der Waals surface area contributed by atoms with Gasteiger partial charge in [-0.05, 0) is 55.3 Å². The van der Waals surface area contributed by atoms with Crippen molar-refractivity contribution in [1.29, 1.82) is 5.26 Å². The van der Waals surface area contributed by atoms with Crippen molar-refractivity contribution in [2.24, 2.45) is 16.7 Å². The molecule has 0 spiro atoms. The molecule has 1 aliphatic carbocycles. The van der Waals surface area contributed by atoms with Crippen molar-refractivity contribution in [3.05, 3.63) is 44.6 Å². The molecule has 1 saturated carbocycles. The van der Waals surface area contributed by atoms with Crippen molar-refractivity contribution in [1.82, 2.24) is 4.57 Å². The van der Waals surface area contributed by atoms with E-state index < -0.39 is 11.4 Å². The third-order valence-electron chi connectivity index (χ3n) is 4.99. The smallest absolute Gasteiger partial charge is 0.311 e. The van der Waals surface area contributed by atoms with Gasteiger partial charge in [-0.25, -0.2) is 0 Å². The lowest BCUT2D eigenvalue weighted by Crippen LogP contribution is -2.24. The highest BCUT2D eigenvalue weighted by atomic mass is 79.9. The molecule has 1 aromatic heterocycles. The van der Waals surface area contributed by atoms with E-state index in [0.29, 0.717) is 18.7 Å². The van der Waals surface area contributed by atoms with Crippen molar-refractivity contribution < 1.29 is 9.90 Å². The number of carbonyl (C=O) groups is 1. The number of halogens is 3. The normalized spacial score (nSPS) is 24.6. The predicted molar refractivity (Wildman–Crippen MR) is 101 cm³/mol. The summed E-state index contributed by atoms with van der Waals surface area (Å²) in [6.45, 7) is 4.40. The summed E-state index contributed by atoms with van der Waals surface area (Å²) in [5, 5.41) is 19.2. The van der Waals surface area contributed by atoms with Crippen LogP contribution in [0.2, 0.25) is 0 Å². The predicted octanol–water partition coefficient (Wildman–Crippen LogP) is 5.01. The molecule has 7 heteroatoms. The lowest BCUT2D eigenvalue weighted by molar-refractivity contribution is -0.145. The highest BCUT2D eigenvalue weighted by Crippen LogP contribution is 2.71. The third-order valence-corrected chi connectivity index (χ3v) is 5.70. The van der Waals surface area contributed by atoms with Crippen LogP contribution in [0.5, 0.6) is 0 Å². The van der Waals surface area contributed by atoms with E-state index in [1.54, 1.807) is 16.7 Å². The number of allylic oxidation sites excluding steroid dienone is 2. The molecule has 1 fully saturated rings. The molecule has 0 aromatic carbocycles. The molecular weight excluding hydrogens is 459 g/mol. The minimum atomic E-state index is -0.888. The van der Waals surface area contributed by atoms with Gasteiger partial charge in [-0.2, -0.15) is 5.26 Å². The van der Waals surface area contributed by atoms with Crippen molar-refractivity contribution in [3.8, 4) is 6.07 Å². The molecule has 1 aliphatic rings. The van der Waals surface area contributed by atoms with Gasteiger partial charge in [0.05, 0.1) is 8.81 Å². The number of hydrogen-bond donors (Lipinski definition) is 1. The fourth-order valence-electron chi connectivity index (χ4n) is 3.58. The Morgan fingerprint density at radius 2 is 2.21 bits per heavy atom. The summed E-state index contributed by atoms with van der Waals surface area (Å²) in [7, 11) is 0. The van der Waals surface area contributed by atoms with Crippen LogP contribution in [0.25, 0.3) is 0 Å². The molecule has 24 heavy (non-hydrogen) atoms. The summed E-state index contributed by atoms with van der Waals surface area (Å²) >= 11 is 12.2. The Hall–Kier alpha value is -1.03. The third kappa shape index (κ3) is 3.22. The van der Waals surface area contributed by atoms with Gasteiger partial charge in [0.2, 0.25) is 0 Å². The summed E-state index contributed by atoms with van der Waals surface area (Å²) in [6, 6.07) is 3.89. The van der Waals surface area contributed by atoms with E-state index >= 15 is 0 Å². The van der Waals surface area contributed by atoms with Crippen molar-refractivity contribution in [2.45, 2.75) is 26.8 Å². The summed E-state index contributed by atoms with van der Waals surface area (Å²) in [5.41, 5.74) is 1.47. The molecule has 2 atom stereocenters. The number of carboxylic acid groups (broad SMARTS) is 1. The lowest BCUT2D eigenvalue weighted by atomic mass is 9.89. The van der Waals surface area contributed by atoms with Gasteiger partial charge >= 0.3 is 5.97 Å². The van der Waals surface area contributed by atoms with Crippen LogP contribution >= 0.6 is 43.5 Å². The Labute approximate surface area is 163 Å². The van der Waals surface area contributed by atoms with E-state index in [2.05, 4.69) is 37.9 Å². The van der Waals surface area contributed by atoms with Crippen LogP contribution in [-0.2, 0) is 17.8 Å². The Kier molecular flexibility index (Phi) is 5.68. The van der Waals surface area contributed by atoms with Gasteiger partial charge in [0.1, 0.15) is 11.8 Å². The fourth-order valence-corrected chi connectivity index (χ4v) is 4.19. The molecule has 0 saturated heterocycles. The van der Waals surface area contributed by atoms with Crippen LogP contribution in [0.3, 0.4) is 0 Å². The SMILES string of the molecule is CC1(C)[C@@H](C=C(Br)Br)[C@@]1(Cc1cc(C#N)n(CC=CCl)c1)C(=O)O. The Morgan fingerprint density at radius 3 is 2.71 bits per heavy atom. The van der Waals surface area contributed by atoms with E-state index in [1.807, 2.05) is 26.1 Å². The quantitative estimate of drug-likeness (QED) is 0.628. The molecule has 0 amide bonds. The Bertz CT molecular complexity index is 757. The first-order chi connectivity index (χ1) is 11.2. The van der Waals surface area contributed by atoms with E-state index in [0.717, 1.165) is 8.96 Å². The molecule has 1 heterocycles. The number of carboxylic acids is 1. The van der Waals surface area contributed by atoms with Crippen molar-refractivity contribution >= 4 is 49.4 Å². The zero-order chi connectivity index (χ0) is 18.1. The van der Waals surface area contributed by atoms with Gasteiger partial charge in [0.25, 0.3) is 0 Å². The second kappa shape index (κ2) is 7.07. The molecule has 0 aliphatic heterocycles. The van der Waals surface area contributed by atoms with Crippen LogP contribution in [0.4, 0.5) is 0 Å². The molecule has 1 N–H and O–H groups in total. The Morgan fingerprint density at radius 1 is 1.54 bits per heavy atom. The Balaban J connectivity index is 2.37. The van der Waals surface area contributed by atoms with Gasteiger partial charge in [0.15, 0.2) is 0 Å². The van der Waals surface area contributed by atoms with Crippen LogP contribution in [0.1, 0.15) is 25.1 Å². The number of aromatic nitrogens is 1. The number of nitrogens with zero attached hydrogens (tertiary/aromatic N) is 2. The van der Waals surface area contributed by atoms with Crippen LogP contribution in [-0.4, -0.2) is 15.6 Å². The van der Waals surface area contributed by atoms with Crippen molar-refractivity contribution in [3.63, 3.8) is 0 Å². The highest BCUT2D eigenvalue weighted by Gasteiger charge is 2.74. The van der Waals surface area contributed by atoms with Crippen LogP contribution in [0.15, 0.2) is 33.3 Å². The lowest BCUT2D eigenvalue weighted by Gasteiger charge is -2.14. The van der Waals surface area contributed by atoms with Gasteiger partial charge in [-0.15, -0.1) is 0 Å². The minimum absolute atomic E-state index is 0.104. The maximum absolute atomic E-state index is 12.1. The zero-order valence-electron chi connectivity index (χ0n) is 13.3. The first-order valence-corrected chi connectivity index (χ1v) is 9.33. The average Bonchev–Trinajstić information content (AvgIpc) is 2.82. The number of hydrogen-bond acceptors (Lipinski definition) is 2. The second-order valence-electron chi connectivity index (χ2n) is 6.47. The zero-order valence-corrected chi connectivity index (χ0v) is 17.2. The van der Waals surface area contributed by atoms with Crippen molar-refractivity contribution in [2.75, 3.05) is 0 Å². The maximum Gasteiger partial charge on any atom is 0.311 e. The summed E-state index contributed by atoms with van der Waals surface area (Å²) in [5.74, 6) is -0.921. The molecular formula is C17H17Br2ClN2O2. The van der Waals surface area contributed by atoms with E-state index in [4.69, 9.17) is 11.6 Å². The summed E-state index contributed by atoms with van der Waals surface area (Å²) in [6.07, 6.45) is 5.83. The number of nitriles is 1. The highest BCUT2D eigenvalue weighted by molar-refractivity contribution is 9.28. The largest absolute Gasteiger partial charge is 0.481 e. The maximum atomic E-state index is 12.1. The van der Waals surface area contributed by atoms with Gasteiger partial charge in [-0.1, -0.05) is 37.6 Å². The standard InChI is InChI=1S/C17H17Br2ClN2O2/c1-16(2)13(7-14(18)19)17(16,15(23)24)8-11-6-12(9-21)22(10-11)5-3-4-20/h3-4,6-7,10,13H,5,8H2,1-2H3,(H,23,24)/t13-,17+/m1/s1. The number of rotatable bonds is 6. The van der Waals surface area contributed by atoms with E-state index in [-0.39, 0.29) is 11.3 Å². The summed E-state index contributed by atoms with van der Waals surface area (Å²) in [4.78, 5) is 12.1. The molecule has 4 nitrogen and oxygen atoms in total. The van der Waals surface area contributed by atoms with Gasteiger partial charge in [-0.3, -0.25) is 4.79 Å². The topological polar surface area (TPSA) is 66.0 Å². The molecule has 2 rings (SSSR count). The number of aliphatic carboxylic acids is 1. The fraction of sp³-hybridized carbons (Fsp3) is 0.412. The molecule has 128 valence electrons.